The number of thiophene rings is 1. The summed E-state index contributed by atoms with van der Waals surface area (Å²) in [7, 11) is 0. The standard InChI is InChI=1S/C22H20Cl2N2O3S/c1-12-18(10-14-6-4-3-5-7-14)30-22(19(12)20(25)27)26-21(28)13(2)29-17-9-8-15(23)11-16(17)24/h3-9,11,13H,10H2,1-2H3,(H2,25,27)(H,26,28)/t13-/m0/s1. The fraction of sp³-hybridized carbons (Fsp3) is 0.182. The number of anilines is 1. The first kappa shape index (κ1) is 22.2. The van der Waals surface area contributed by atoms with Crippen molar-refractivity contribution in [3.8, 4) is 5.75 Å². The molecule has 0 fully saturated rings. The molecule has 0 bridgehead atoms. The summed E-state index contributed by atoms with van der Waals surface area (Å²) in [6.45, 7) is 3.42. The molecule has 0 spiro atoms. The average molecular weight is 463 g/mol. The molecule has 1 atom stereocenters. The molecule has 0 aliphatic carbocycles. The van der Waals surface area contributed by atoms with Crippen LogP contribution in [0.1, 0.15) is 33.3 Å². The molecule has 0 saturated carbocycles. The molecule has 3 rings (SSSR count). The number of carbonyl (C=O) groups excluding carboxylic acids is 2. The smallest absolute Gasteiger partial charge is 0.265 e. The van der Waals surface area contributed by atoms with Crippen LogP contribution in [0.2, 0.25) is 10.0 Å². The Labute approximate surface area is 188 Å². The first-order valence-electron chi connectivity index (χ1n) is 9.14. The van der Waals surface area contributed by atoms with Gasteiger partial charge in [0.15, 0.2) is 6.10 Å². The Morgan fingerprint density at radius 2 is 1.87 bits per heavy atom. The van der Waals surface area contributed by atoms with E-state index in [1.54, 1.807) is 19.1 Å². The minimum Gasteiger partial charge on any atom is -0.479 e. The Hall–Kier alpha value is -2.54. The molecule has 30 heavy (non-hydrogen) atoms. The van der Waals surface area contributed by atoms with Crippen LogP contribution in [-0.2, 0) is 11.2 Å². The highest BCUT2D eigenvalue weighted by atomic mass is 35.5. The van der Waals surface area contributed by atoms with Crippen LogP contribution < -0.4 is 15.8 Å². The lowest BCUT2D eigenvalue weighted by atomic mass is 10.1. The van der Waals surface area contributed by atoms with Gasteiger partial charge in [-0.3, -0.25) is 9.59 Å². The van der Waals surface area contributed by atoms with Crippen molar-refractivity contribution in [1.82, 2.24) is 0 Å². The number of carbonyl (C=O) groups is 2. The minimum atomic E-state index is -0.857. The van der Waals surface area contributed by atoms with Gasteiger partial charge in [0, 0.05) is 16.3 Å². The fourth-order valence-corrected chi connectivity index (χ4v) is 4.62. The third-order valence-corrected chi connectivity index (χ3v) is 6.24. The van der Waals surface area contributed by atoms with E-state index in [4.69, 9.17) is 33.7 Å². The Morgan fingerprint density at radius 3 is 2.50 bits per heavy atom. The maximum atomic E-state index is 12.7. The highest BCUT2D eigenvalue weighted by Crippen LogP contribution is 2.35. The molecule has 0 radical (unpaired) electrons. The van der Waals surface area contributed by atoms with E-state index in [0.717, 1.165) is 16.0 Å². The predicted molar refractivity (Wildman–Crippen MR) is 122 cm³/mol. The number of benzene rings is 2. The van der Waals surface area contributed by atoms with Crippen molar-refractivity contribution in [3.05, 3.63) is 80.1 Å². The van der Waals surface area contributed by atoms with Crippen LogP contribution in [0.3, 0.4) is 0 Å². The molecule has 1 heterocycles. The normalized spacial score (nSPS) is 11.7. The van der Waals surface area contributed by atoms with Crippen molar-refractivity contribution in [2.24, 2.45) is 5.73 Å². The van der Waals surface area contributed by atoms with Gasteiger partial charge >= 0.3 is 0 Å². The van der Waals surface area contributed by atoms with Crippen molar-refractivity contribution < 1.29 is 14.3 Å². The molecule has 0 unspecified atom stereocenters. The van der Waals surface area contributed by atoms with E-state index >= 15 is 0 Å². The number of nitrogens with one attached hydrogen (secondary N) is 1. The molecule has 3 N–H and O–H groups in total. The fourth-order valence-electron chi connectivity index (χ4n) is 2.92. The molecule has 156 valence electrons. The third-order valence-electron chi connectivity index (χ3n) is 4.50. The molecule has 2 aromatic carbocycles. The van der Waals surface area contributed by atoms with Gasteiger partial charge < -0.3 is 15.8 Å². The molecule has 0 aliphatic heterocycles. The minimum absolute atomic E-state index is 0.303. The second kappa shape index (κ2) is 9.51. The number of hydrogen-bond donors (Lipinski definition) is 2. The van der Waals surface area contributed by atoms with E-state index in [1.807, 2.05) is 37.3 Å². The first-order valence-corrected chi connectivity index (χ1v) is 10.7. The summed E-state index contributed by atoms with van der Waals surface area (Å²) in [5.74, 6) is -0.672. The van der Waals surface area contributed by atoms with Crippen molar-refractivity contribution in [2.45, 2.75) is 26.4 Å². The first-order chi connectivity index (χ1) is 14.3. The maximum Gasteiger partial charge on any atom is 0.265 e. The average Bonchev–Trinajstić information content (AvgIpc) is 2.99. The highest BCUT2D eigenvalue weighted by Gasteiger charge is 2.24. The lowest BCUT2D eigenvalue weighted by Gasteiger charge is -2.15. The lowest BCUT2D eigenvalue weighted by molar-refractivity contribution is -0.122. The van der Waals surface area contributed by atoms with Crippen LogP contribution in [0.25, 0.3) is 0 Å². The van der Waals surface area contributed by atoms with Gasteiger partial charge in [-0.05, 0) is 43.2 Å². The SMILES string of the molecule is Cc1c(Cc2ccccc2)sc(NC(=O)[C@H](C)Oc2ccc(Cl)cc2Cl)c1C(N)=O. The number of amides is 2. The summed E-state index contributed by atoms with van der Waals surface area (Å²) >= 11 is 13.3. The number of rotatable bonds is 7. The molecule has 8 heteroatoms. The van der Waals surface area contributed by atoms with Gasteiger partial charge in [0.2, 0.25) is 0 Å². The number of primary amides is 1. The van der Waals surface area contributed by atoms with Crippen LogP contribution in [-0.4, -0.2) is 17.9 Å². The Balaban J connectivity index is 1.79. The molecule has 5 nitrogen and oxygen atoms in total. The van der Waals surface area contributed by atoms with Crippen molar-refractivity contribution in [1.29, 1.82) is 0 Å². The van der Waals surface area contributed by atoms with Crippen molar-refractivity contribution in [3.63, 3.8) is 0 Å². The van der Waals surface area contributed by atoms with E-state index in [9.17, 15) is 9.59 Å². The molecular weight excluding hydrogens is 443 g/mol. The Kier molecular flexibility index (Phi) is 7.02. The van der Waals surface area contributed by atoms with E-state index in [1.165, 1.54) is 17.4 Å². The summed E-state index contributed by atoms with van der Waals surface area (Å²) in [5.41, 5.74) is 7.77. The number of ether oxygens (including phenoxy) is 1. The number of nitrogens with two attached hydrogens (primary N) is 1. The zero-order valence-electron chi connectivity index (χ0n) is 16.4. The Morgan fingerprint density at radius 1 is 1.17 bits per heavy atom. The van der Waals surface area contributed by atoms with Crippen molar-refractivity contribution >= 4 is 51.4 Å². The van der Waals surface area contributed by atoms with E-state index in [0.29, 0.717) is 32.8 Å². The molecule has 0 saturated heterocycles. The third kappa shape index (κ3) is 5.14. The van der Waals surface area contributed by atoms with E-state index in [-0.39, 0.29) is 0 Å². The van der Waals surface area contributed by atoms with Gasteiger partial charge in [-0.25, -0.2) is 0 Å². The number of hydrogen-bond acceptors (Lipinski definition) is 4. The quantitative estimate of drug-likeness (QED) is 0.488. The van der Waals surface area contributed by atoms with Gasteiger partial charge in [-0.2, -0.15) is 0 Å². The van der Waals surface area contributed by atoms with E-state index in [2.05, 4.69) is 5.32 Å². The summed E-state index contributed by atoms with van der Waals surface area (Å²) in [4.78, 5) is 25.7. The van der Waals surface area contributed by atoms with Gasteiger partial charge in [-0.1, -0.05) is 53.5 Å². The monoisotopic (exact) mass is 462 g/mol. The zero-order valence-corrected chi connectivity index (χ0v) is 18.7. The van der Waals surface area contributed by atoms with Crippen LogP contribution in [0.4, 0.5) is 5.00 Å². The van der Waals surface area contributed by atoms with Crippen molar-refractivity contribution in [2.75, 3.05) is 5.32 Å². The Bertz CT molecular complexity index is 1080. The molecule has 2 amide bonds. The highest BCUT2D eigenvalue weighted by molar-refractivity contribution is 7.17. The van der Waals surface area contributed by atoms with Gasteiger partial charge in [0.05, 0.1) is 10.6 Å². The van der Waals surface area contributed by atoms with Gasteiger partial charge in [0.25, 0.3) is 11.8 Å². The summed E-state index contributed by atoms with van der Waals surface area (Å²) in [6.07, 6.45) is -0.218. The second-order valence-electron chi connectivity index (χ2n) is 6.71. The van der Waals surface area contributed by atoms with Crippen LogP contribution in [0, 0.1) is 6.92 Å². The maximum absolute atomic E-state index is 12.7. The van der Waals surface area contributed by atoms with Crippen LogP contribution >= 0.6 is 34.5 Å². The zero-order chi connectivity index (χ0) is 21.8. The summed E-state index contributed by atoms with van der Waals surface area (Å²) in [6, 6.07) is 14.6. The van der Waals surface area contributed by atoms with Crippen LogP contribution in [0.15, 0.2) is 48.5 Å². The summed E-state index contributed by atoms with van der Waals surface area (Å²) in [5, 5.41) is 3.96. The van der Waals surface area contributed by atoms with Crippen LogP contribution in [0.5, 0.6) is 5.75 Å². The molecular formula is C22H20Cl2N2O3S. The lowest BCUT2D eigenvalue weighted by Crippen LogP contribution is -2.30. The molecule has 1 aromatic heterocycles. The van der Waals surface area contributed by atoms with E-state index < -0.39 is 17.9 Å². The summed E-state index contributed by atoms with van der Waals surface area (Å²) < 4.78 is 5.65. The largest absolute Gasteiger partial charge is 0.479 e. The topological polar surface area (TPSA) is 81.4 Å². The molecule has 3 aromatic rings. The second-order valence-corrected chi connectivity index (χ2v) is 8.65. The predicted octanol–water partition coefficient (Wildman–Crippen LogP) is 5.46. The molecule has 0 aliphatic rings. The van der Waals surface area contributed by atoms with Gasteiger partial charge in [-0.15, -0.1) is 11.3 Å². The number of halogens is 2. The van der Waals surface area contributed by atoms with Gasteiger partial charge in [0.1, 0.15) is 10.8 Å².